The van der Waals surface area contributed by atoms with Crippen LogP contribution in [-0.4, -0.2) is 38.3 Å². The van der Waals surface area contributed by atoms with Gasteiger partial charge in [0.25, 0.3) is 0 Å². The van der Waals surface area contributed by atoms with Crippen molar-refractivity contribution < 1.29 is 17.9 Å². The average Bonchev–Trinajstić information content (AvgIpc) is 2.76. The Morgan fingerprint density at radius 1 is 1.13 bits per heavy atom. The van der Waals surface area contributed by atoms with Crippen LogP contribution < -0.4 is 10.1 Å². The number of amides is 1. The summed E-state index contributed by atoms with van der Waals surface area (Å²) >= 11 is 3.36. The van der Waals surface area contributed by atoms with Crippen LogP contribution in [0.25, 0.3) is 0 Å². The Labute approximate surface area is 193 Å². The zero-order valence-electron chi connectivity index (χ0n) is 17.9. The molecule has 1 aliphatic rings. The highest BCUT2D eigenvalue weighted by Crippen LogP contribution is 2.24. The van der Waals surface area contributed by atoms with Crippen LogP contribution in [0.2, 0.25) is 0 Å². The maximum atomic E-state index is 12.8. The highest BCUT2D eigenvalue weighted by Gasteiger charge is 2.31. The summed E-state index contributed by atoms with van der Waals surface area (Å²) in [6.45, 7) is 5.24. The van der Waals surface area contributed by atoms with Crippen molar-refractivity contribution in [2.24, 2.45) is 5.92 Å². The topological polar surface area (TPSA) is 75.7 Å². The van der Waals surface area contributed by atoms with Gasteiger partial charge in [0.2, 0.25) is 15.9 Å². The molecule has 1 aliphatic heterocycles. The van der Waals surface area contributed by atoms with Crippen LogP contribution in [0.4, 0.5) is 0 Å². The largest absolute Gasteiger partial charge is 0.494 e. The SMILES string of the molecule is CCOc1ccc([C@@H](C)NC(=O)C2CCN(S(=O)(=O)Cc3ccc(Br)cc3)CC2)cc1. The summed E-state index contributed by atoms with van der Waals surface area (Å²) in [5.41, 5.74) is 1.76. The summed E-state index contributed by atoms with van der Waals surface area (Å²) in [4.78, 5) is 12.7. The first kappa shape index (κ1) is 23.8. The summed E-state index contributed by atoms with van der Waals surface area (Å²) in [5, 5.41) is 3.06. The molecule has 1 fully saturated rings. The molecule has 8 heteroatoms. The summed E-state index contributed by atoms with van der Waals surface area (Å²) in [5.74, 6) is 0.587. The van der Waals surface area contributed by atoms with Crippen molar-refractivity contribution in [3.8, 4) is 5.75 Å². The molecule has 31 heavy (non-hydrogen) atoms. The van der Waals surface area contributed by atoms with Crippen molar-refractivity contribution >= 4 is 31.9 Å². The minimum atomic E-state index is -3.40. The van der Waals surface area contributed by atoms with Gasteiger partial charge in [0, 0.05) is 23.5 Å². The molecule has 1 atom stereocenters. The maximum Gasteiger partial charge on any atom is 0.223 e. The van der Waals surface area contributed by atoms with Crippen molar-refractivity contribution in [1.29, 1.82) is 0 Å². The van der Waals surface area contributed by atoms with Gasteiger partial charge in [-0.05, 0) is 62.1 Å². The standard InChI is InChI=1S/C23H29BrN2O4S/c1-3-30-22-10-6-19(7-11-22)17(2)25-23(27)20-12-14-26(15-13-20)31(28,29)16-18-4-8-21(24)9-5-18/h4-11,17,20H,3,12-16H2,1-2H3,(H,25,27)/t17-/m1/s1. The van der Waals surface area contributed by atoms with E-state index in [4.69, 9.17) is 4.74 Å². The van der Waals surface area contributed by atoms with E-state index in [-0.39, 0.29) is 23.6 Å². The summed E-state index contributed by atoms with van der Waals surface area (Å²) < 4.78 is 33.4. The molecule has 0 spiro atoms. The van der Waals surface area contributed by atoms with Gasteiger partial charge < -0.3 is 10.1 Å². The number of ether oxygens (including phenoxy) is 1. The molecule has 2 aromatic carbocycles. The average molecular weight is 509 g/mol. The van der Waals surface area contributed by atoms with Crippen molar-refractivity contribution in [2.75, 3.05) is 19.7 Å². The monoisotopic (exact) mass is 508 g/mol. The van der Waals surface area contributed by atoms with Gasteiger partial charge in [-0.3, -0.25) is 4.79 Å². The van der Waals surface area contributed by atoms with Crippen LogP contribution in [0.15, 0.2) is 53.0 Å². The molecule has 1 N–H and O–H groups in total. The van der Waals surface area contributed by atoms with Gasteiger partial charge in [0.05, 0.1) is 18.4 Å². The number of hydrogen-bond acceptors (Lipinski definition) is 4. The fraction of sp³-hybridized carbons (Fsp3) is 0.435. The smallest absolute Gasteiger partial charge is 0.223 e. The fourth-order valence-corrected chi connectivity index (χ4v) is 5.54. The molecule has 0 unspecified atom stereocenters. The molecule has 168 valence electrons. The van der Waals surface area contributed by atoms with Gasteiger partial charge in [0.1, 0.15) is 5.75 Å². The van der Waals surface area contributed by atoms with E-state index in [2.05, 4.69) is 21.2 Å². The third-order valence-electron chi connectivity index (χ3n) is 5.53. The summed E-state index contributed by atoms with van der Waals surface area (Å²) in [6, 6.07) is 14.9. The lowest BCUT2D eigenvalue weighted by molar-refractivity contribution is -0.126. The number of carbonyl (C=O) groups excluding carboxylic acids is 1. The van der Waals surface area contributed by atoms with Gasteiger partial charge in [-0.2, -0.15) is 0 Å². The lowest BCUT2D eigenvalue weighted by Crippen LogP contribution is -2.43. The second-order valence-electron chi connectivity index (χ2n) is 7.79. The van der Waals surface area contributed by atoms with E-state index in [0.29, 0.717) is 32.5 Å². The molecule has 0 bridgehead atoms. The van der Waals surface area contributed by atoms with Crippen LogP contribution in [0.5, 0.6) is 5.75 Å². The van der Waals surface area contributed by atoms with Crippen molar-refractivity contribution in [3.05, 3.63) is 64.1 Å². The molecular formula is C23H29BrN2O4S. The number of hydrogen-bond donors (Lipinski definition) is 1. The first-order valence-electron chi connectivity index (χ1n) is 10.5. The number of piperidine rings is 1. The number of sulfonamides is 1. The van der Waals surface area contributed by atoms with Crippen LogP contribution in [-0.2, 0) is 20.6 Å². The van der Waals surface area contributed by atoms with Gasteiger partial charge in [-0.1, -0.05) is 40.2 Å². The first-order chi connectivity index (χ1) is 14.8. The van der Waals surface area contributed by atoms with E-state index in [1.165, 1.54) is 4.31 Å². The number of carbonyl (C=O) groups is 1. The minimum Gasteiger partial charge on any atom is -0.494 e. The molecule has 0 saturated carbocycles. The lowest BCUT2D eigenvalue weighted by Gasteiger charge is -2.31. The zero-order valence-corrected chi connectivity index (χ0v) is 20.3. The number of nitrogens with zero attached hydrogens (tertiary/aromatic N) is 1. The molecule has 3 rings (SSSR count). The Balaban J connectivity index is 1.51. The fourth-order valence-electron chi connectivity index (χ4n) is 3.71. The molecular weight excluding hydrogens is 480 g/mol. The molecule has 1 saturated heterocycles. The highest BCUT2D eigenvalue weighted by molar-refractivity contribution is 9.10. The van der Waals surface area contributed by atoms with Gasteiger partial charge >= 0.3 is 0 Å². The van der Waals surface area contributed by atoms with Gasteiger partial charge in [-0.25, -0.2) is 12.7 Å². The Bertz CT molecular complexity index is 970. The predicted octanol–water partition coefficient (Wildman–Crippen LogP) is 4.27. The van der Waals surface area contributed by atoms with E-state index in [1.54, 1.807) is 0 Å². The second-order valence-corrected chi connectivity index (χ2v) is 10.7. The molecule has 6 nitrogen and oxygen atoms in total. The summed E-state index contributed by atoms with van der Waals surface area (Å²) in [6.07, 6.45) is 1.06. The third-order valence-corrected chi connectivity index (χ3v) is 7.91. The van der Waals surface area contributed by atoms with Crippen LogP contribution in [0, 0.1) is 5.92 Å². The normalized spacial score (nSPS) is 16.6. The van der Waals surface area contributed by atoms with Crippen LogP contribution >= 0.6 is 15.9 Å². The van der Waals surface area contributed by atoms with Gasteiger partial charge in [-0.15, -0.1) is 0 Å². The Kier molecular flexibility index (Phi) is 8.13. The Hall–Kier alpha value is -1.90. The Morgan fingerprint density at radius 3 is 2.32 bits per heavy atom. The highest BCUT2D eigenvalue weighted by atomic mass is 79.9. The molecule has 2 aromatic rings. The number of benzene rings is 2. The second kappa shape index (κ2) is 10.6. The lowest BCUT2D eigenvalue weighted by atomic mass is 9.96. The van der Waals surface area contributed by atoms with E-state index >= 15 is 0 Å². The molecule has 1 heterocycles. The number of rotatable bonds is 8. The number of nitrogens with one attached hydrogen (secondary N) is 1. The summed E-state index contributed by atoms with van der Waals surface area (Å²) in [7, 11) is -3.40. The van der Waals surface area contributed by atoms with Crippen LogP contribution in [0.1, 0.15) is 43.9 Å². The third kappa shape index (κ3) is 6.54. The van der Waals surface area contributed by atoms with E-state index in [1.807, 2.05) is 62.4 Å². The first-order valence-corrected chi connectivity index (χ1v) is 12.9. The maximum absolute atomic E-state index is 12.8. The van der Waals surface area contributed by atoms with E-state index in [0.717, 1.165) is 21.3 Å². The van der Waals surface area contributed by atoms with E-state index in [9.17, 15) is 13.2 Å². The molecule has 0 radical (unpaired) electrons. The Morgan fingerprint density at radius 2 is 1.74 bits per heavy atom. The van der Waals surface area contributed by atoms with Crippen molar-refractivity contribution in [2.45, 2.75) is 38.5 Å². The van der Waals surface area contributed by atoms with Gasteiger partial charge in [0.15, 0.2) is 0 Å². The molecule has 0 aliphatic carbocycles. The van der Waals surface area contributed by atoms with Crippen molar-refractivity contribution in [1.82, 2.24) is 9.62 Å². The van der Waals surface area contributed by atoms with Crippen molar-refractivity contribution in [3.63, 3.8) is 0 Å². The zero-order chi connectivity index (χ0) is 22.4. The van der Waals surface area contributed by atoms with Crippen LogP contribution in [0.3, 0.4) is 0 Å². The molecule has 1 amide bonds. The minimum absolute atomic E-state index is 0.0219. The quantitative estimate of drug-likeness (QED) is 0.577. The van der Waals surface area contributed by atoms with E-state index < -0.39 is 10.0 Å². The molecule has 0 aromatic heterocycles. The predicted molar refractivity (Wildman–Crippen MR) is 125 cm³/mol. The number of halogens is 1.